The second-order valence-corrected chi connectivity index (χ2v) is 3.99. The van der Waals surface area contributed by atoms with Crippen LogP contribution in [-0.4, -0.2) is 0 Å². The van der Waals surface area contributed by atoms with Crippen LogP contribution in [0.25, 0.3) is 0 Å². The molecule has 0 spiro atoms. The Morgan fingerprint density at radius 2 is 1.67 bits per heavy atom. The van der Waals surface area contributed by atoms with Crippen LogP contribution >= 0.6 is 0 Å². The lowest BCUT2D eigenvalue weighted by molar-refractivity contribution is 0.795. The van der Waals surface area contributed by atoms with Gasteiger partial charge in [0.2, 0.25) is 0 Å². The Labute approximate surface area is 94.0 Å². The molecule has 1 aliphatic rings. The van der Waals surface area contributed by atoms with Crippen molar-refractivity contribution in [1.29, 1.82) is 0 Å². The van der Waals surface area contributed by atoms with Crippen LogP contribution in [0, 0.1) is 0 Å². The first kappa shape index (κ1) is 12.0. The van der Waals surface area contributed by atoms with Crippen LogP contribution in [0.15, 0.2) is 42.5 Å². The van der Waals surface area contributed by atoms with Crippen molar-refractivity contribution in [2.24, 2.45) is 0 Å². The van der Waals surface area contributed by atoms with Gasteiger partial charge in [0.1, 0.15) is 0 Å². The standard InChI is InChI=1S/C10H14.C5H8/c1-2-3-7-10-8-5-4-6-9-10;1-2-4-5-3-1/h4-6,8-9H,2-3,7H2,1H3;1-2H,3-5H2. The highest BCUT2D eigenvalue weighted by Gasteiger charge is 1.87. The van der Waals surface area contributed by atoms with Gasteiger partial charge in [-0.25, -0.2) is 0 Å². The van der Waals surface area contributed by atoms with Gasteiger partial charge in [-0.15, -0.1) is 0 Å². The maximum Gasteiger partial charge on any atom is -0.0279 e. The Bertz CT molecular complexity index is 253. The zero-order chi connectivity index (χ0) is 10.8. The van der Waals surface area contributed by atoms with Gasteiger partial charge >= 0.3 is 0 Å². The largest absolute Gasteiger partial charge is 0.0885 e. The number of hydrogen-bond donors (Lipinski definition) is 0. The summed E-state index contributed by atoms with van der Waals surface area (Å²) in [6.45, 7) is 2.23. The molecule has 0 nitrogen and oxygen atoms in total. The molecule has 1 aliphatic carbocycles. The van der Waals surface area contributed by atoms with E-state index in [1.54, 1.807) is 0 Å². The third-order valence-corrected chi connectivity index (χ3v) is 2.57. The molecule has 0 aromatic heterocycles. The van der Waals surface area contributed by atoms with E-state index in [4.69, 9.17) is 0 Å². The molecule has 0 amide bonds. The molecule has 2 rings (SSSR count). The first-order chi connectivity index (χ1) is 7.43. The van der Waals surface area contributed by atoms with E-state index in [1.165, 1.54) is 44.1 Å². The predicted octanol–water partition coefficient (Wildman–Crippen LogP) is 4.76. The second-order valence-electron chi connectivity index (χ2n) is 3.99. The van der Waals surface area contributed by atoms with Gasteiger partial charge in [-0.2, -0.15) is 0 Å². The summed E-state index contributed by atoms with van der Waals surface area (Å²) < 4.78 is 0. The van der Waals surface area contributed by atoms with Crippen molar-refractivity contribution in [2.45, 2.75) is 45.4 Å². The minimum Gasteiger partial charge on any atom is -0.0885 e. The van der Waals surface area contributed by atoms with E-state index in [0.717, 1.165) is 0 Å². The lowest BCUT2D eigenvalue weighted by Crippen LogP contribution is -1.81. The van der Waals surface area contributed by atoms with Gasteiger partial charge < -0.3 is 0 Å². The zero-order valence-electron chi connectivity index (χ0n) is 9.78. The molecule has 0 bridgehead atoms. The number of aryl methyl sites for hydroxylation is 1. The van der Waals surface area contributed by atoms with Crippen molar-refractivity contribution in [3.8, 4) is 0 Å². The van der Waals surface area contributed by atoms with Gasteiger partial charge in [0.25, 0.3) is 0 Å². The highest BCUT2D eigenvalue weighted by atomic mass is 13.9. The third kappa shape index (κ3) is 6.11. The normalized spacial score (nSPS) is 13.4. The average Bonchev–Trinajstić information content (AvgIpc) is 2.86. The number of benzene rings is 1. The van der Waals surface area contributed by atoms with Crippen molar-refractivity contribution in [3.05, 3.63) is 48.0 Å². The van der Waals surface area contributed by atoms with Crippen molar-refractivity contribution in [3.63, 3.8) is 0 Å². The molecular formula is C15H22. The van der Waals surface area contributed by atoms with Crippen LogP contribution < -0.4 is 0 Å². The summed E-state index contributed by atoms with van der Waals surface area (Å²) in [7, 11) is 0. The Morgan fingerprint density at radius 1 is 1.00 bits per heavy atom. The maximum atomic E-state index is 2.24. The van der Waals surface area contributed by atoms with E-state index >= 15 is 0 Å². The van der Waals surface area contributed by atoms with Crippen LogP contribution in [0.3, 0.4) is 0 Å². The van der Waals surface area contributed by atoms with Gasteiger partial charge in [-0.3, -0.25) is 0 Å². The van der Waals surface area contributed by atoms with E-state index in [9.17, 15) is 0 Å². The summed E-state index contributed by atoms with van der Waals surface area (Å²) in [5.74, 6) is 0. The number of allylic oxidation sites excluding steroid dienone is 2. The van der Waals surface area contributed by atoms with Crippen molar-refractivity contribution in [2.75, 3.05) is 0 Å². The highest BCUT2D eigenvalue weighted by Crippen LogP contribution is 2.05. The molecule has 0 radical (unpaired) electrons. The molecule has 0 N–H and O–H groups in total. The summed E-state index contributed by atoms with van der Waals surface area (Å²) in [6.07, 6.45) is 12.3. The van der Waals surface area contributed by atoms with Gasteiger partial charge in [-0.05, 0) is 37.7 Å². The Balaban J connectivity index is 0.000000187. The molecule has 15 heavy (non-hydrogen) atoms. The molecule has 0 fully saturated rings. The lowest BCUT2D eigenvalue weighted by Gasteiger charge is -1.96. The Morgan fingerprint density at radius 3 is 2.13 bits per heavy atom. The quantitative estimate of drug-likeness (QED) is 0.620. The Kier molecular flexibility index (Phi) is 6.64. The lowest BCUT2D eigenvalue weighted by atomic mass is 10.1. The molecule has 1 aromatic carbocycles. The molecule has 0 atom stereocenters. The van der Waals surface area contributed by atoms with Crippen LogP contribution in [0.2, 0.25) is 0 Å². The smallest absolute Gasteiger partial charge is 0.0279 e. The minimum atomic E-state index is 1.23. The Hall–Kier alpha value is -1.04. The predicted molar refractivity (Wildman–Crippen MR) is 68.0 cm³/mol. The van der Waals surface area contributed by atoms with E-state index in [-0.39, 0.29) is 0 Å². The van der Waals surface area contributed by atoms with E-state index in [0.29, 0.717) is 0 Å². The topological polar surface area (TPSA) is 0 Å². The summed E-state index contributed by atoms with van der Waals surface area (Å²) in [4.78, 5) is 0. The number of hydrogen-bond acceptors (Lipinski definition) is 0. The first-order valence-electron chi connectivity index (χ1n) is 6.12. The fraction of sp³-hybridized carbons (Fsp3) is 0.467. The SMILES string of the molecule is C1=CCCC1.CCCCc1ccccc1. The van der Waals surface area contributed by atoms with Crippen LogP contribution in [0.5, 0.6) is 0 Å². The van der Waals surface area contributed by atoms with Crippen molar-refractivity contribution in [1.82, 2.24) is 0 Å². The summed E-state index contributed by atoms with van der Waals surface area (Å²) in [5, 5.41) is 0. The van der Waals surface area contributed by atoms with E-state index < -0.39 is 0 Å². The zero-order valence-corrected chi connectivity index (χ0v) is 9.78. The second kappa shape index (κ2) is 8.28. The molecule has 0 aliphatic heterocycles. The molecule has 0 heterocycles. The molecule has 1 aromatic rings. The number of unbranched alkanes of at least 4 members (excludes halogenated alkanes) is 1. The van der Waals surface area contributed by atoms with Gasteiger partial charge in [0.15, 0.2) is 0 Å². The monoisotopic (exact) mass is 202 g/mol. The molecule has 0 saturated heterocycles. The van der Waals surface area contributed by atoms with E-state index in [1.807, 2.05) is 0 Å². The molecule has 0 heteroatoms. The fourth-order valence-electron chi connectivity index (χ4n) is 1.61. The van der Waals surface area contributed by atoms with Crippen LogP contribution in [0.1, 0.15) is 44.6 Å². The molecule has 82 valence electrons. The summed E-state index contributed by atoms with van der Waals surface area (Å²) in [6, 6.07) is 10.6. The summed E-state index contributed by atoms with van der Waals surface area (Å²) >= 11 is 0. The van der Waals surface area contributed by atoms with Crippen LogP contribution in [0.4, 0.5) is 0 Å². The van der Waals surface area contributed by atoms with Crippen LogP contribution in [-0.2, 0) is 6.42 Å². The number of rotatable bonds is 3. The average molecular weight is 202 g/mol. The molecule has 0 saturated carbocycles. The summed E-state index contributed by atoms with van der Waals surface area (Å²) in [5.41, 5.74) is 1.46. The van der Waals surface area contributed by atoms with Crippen molar-refractivity contribution >= 4 is 0 Å². The highest BCUT2D eigenvalue weighted by molar-refractivity contribution is 5.14. The molecule has 0 unspecified atom stereocenters. The first-order valence-corrected chi connectivity index (χ1v) is 6.12. The minimum absolute atomic E-state index is 1.23. The third-order valence-electron chi connectivity index (χ3n) is 2.57. The fourth-order valence-corrected chi connectivity index (χ4v) is 1.61. The van der Waals surface area contributed by atoms with E-state index in [2.05, 4.69) is 49.4 Å². The van der Waals surface area contributed by atoms with Gasteiger partial charge in [0, 0.05) is 0 Å². The maximum absolute atomic E-state index is 2.24. The van der Waals surface area contributed by atoms with Gasteiger partial charge in [0.05, 0.1) is 0 Å². The molecular weight excluding hydrogens is 180 g/mol. The van der Waals surface area contributed by atoms with Crippen molar-refractivity contribution < 1.29 is 0 Å². The van der Waals surface area contributed by atoms with Gasteiger partial charge in [-0.1, -0.05) is 55.8 Å².